The van der Waals surface area contributed by atoms with E-state index < -0.39 is 0 Å². The van der Waals surface area contributed by atoms with Crippen molar-refractivity contribution < 1.29 is 4.42 Å². The lowest BCUT2D eigenvalue weighted by molar-refractivity contribution is 0.629. The van der Waals surface area contributed by atoms with Crippen LogP contribution in [0.4, 0.5) is 5.69 Å². The molecule has 3 aromatic rings. The maximum Gasteiger partial charge on any atom is 0.138 e. The van der Waals surface area contributed by atoms with E-state index in [4.69, 9.17) is 10.2 Å². The van der Waals surface area contributed by atoms with E-state index in [2.05, 4.69) is 6.92 Å². The van der Waals surface area contributed by atoms with Gasteiger partial charge in [-0.2, -0.15) is 0 Å². The molecule has 17 heavy (non-hydrogen) atoms. The summed E-state index contributed by atoms with van der Waals surface area (Å²) >= 11 is 0. The van der Waals surface area contributed by atoms with Gasteiger partial charge in [-0.1, -0.05) is 30.3 Å². The van der Waals surface area contributed by atoms with Crippen LogP contribution in [0.25, 0.3) is 22.3 Å². The SMILES string of the molecule is Cc1c(-c2ccccc2)oc2cc(N)ccc12. The molecule has 84 valence electrons. The third-order valence-corrected chi connectivity index (χ3v) is 3.00. The summed E-state index contributed by atoms with van der Waals surface area (Å²) in [5.41, 5.74) is 9.59. The molecule has 1 heterocycles. The zero-order chi connectivity index (χ0) is 11.8. The van der Waals surface area contributed by atoms with Crippen molar-refractivity contribution >= 4 is 16.7 Å². The lowest BCUT2D eigenvalue weighted by Crippen LogP contribution is -1.81. The summed E-state index contributed by atoms with van der Waals surface area (Å²) in [5.74, 6) is 0.922. The van der Waals surface area contributed by atoms with Gasteiger partial charge in [-0.15, -0.1) is 0 Å². The summed E-state index contributed by atoms with van der Waals surface area (Å²) in [6.07, 6.45) is 0. The van der Waals surface area contributed by atoms with Gasteiger partial charge in [0.1, 0.15) is 11.3 Å². The second kappa shape index (κ2) is 3.67. The van der Waals surface area contributed by atoms with E-state index in [-0.39, 0.29) is 0 Å². The zero-order valence-electron chi connectivity index (χ0n) is 9.60. The molecular formula is C15H13NO. The first-order chi connectivity index (χ1) is 8.25. The Morgan fingerprint density at radius 1 is 1.00 bits per heavy atom. The fourth-order valence-electron chi connectivity index (χ4n) is 2.11. The number of furan rings is 1. The number of fused-ring (bicyclic) bond motifs is 1. The average molecular weight is 223 g/mol. The first-order valence-electron chi connectivity index (χ1n) is 5.60. The molecule has 0 radical (unpaired) electrons. The third kappa shape index (κ3) is 1.58. The van der Waals surface area contributed by atoms with Crippen LogP contribution in [0, 0.1) is 6.92 Å². The first-order valence-corrected chi connectivity index (χ1v) is 5.60. The second-order valence-electron chi connectivity index (χ2n) is 4.18. The van der Waals surface area contributed by atoms with Gasteiger partial charge in [0.25, 0.3) is 0 Å². The van der Waals surface area contributed by atoms with Crippen LogP contribution in [0.5, 0.6) is 0 Å². The molecule has 0 unspecified atom stereocenters. The molecule has 0 fully saturated rings. The molecule has 0 saturated carbocycles. The van der Waals surface area contributed by atoms with Crippen molar-refractivity contribution in [2.24, 2.45) is 0 Å². The summed E-state index contributed by atoms with van der Waals surface area (Å²) in [7, 11) is 0. The molecule has 2 nitrogen and oxygen atoms in total. The van der Waals surface area contributed by atoms with Gasteiger partial charge in [-0.05, 0) is 19.1 Å². The molecule has 0 spiro atoms. The predicted octanol–water partition coefficient (Wildman–Crippen LogP) is 3.99. The molecule has 1 aromatic heterocycles. The van der Waals surface area contributed by atoms with Gasteiger partial charge in [0.15, 0.2) is 0 Å². The van der Waals surface area contributed by atoms with Crippen molar-refractivity contribution in [2.75, 3.05) is 5.73 Å². The van der Waals surface area contributed by atoms with E-state index in [9.17, 15) is 0 Å². The van der Waals surface area contributed by atoms with Crippen molar-refractivity contribution in [1.82, 2.24) is 0 Å². The molecule has 0 aliphatic carbocycles. The van der Waals surface area contributed by atoms with Gasteiger partial charge in [0.05, 0.1) is 0 Å². The maximum atomic E-state index is 5.89. The van der Waals surface area contributed by atoms with E-state index in [1.807, 2.05) is 48.5 Å². The van der Waals surface area contributed by atoms with Crippen molar-refractivity contribution in [3.8, 4) is 11.3 Å². The summed E-state index contributed by atoms with van der Waals surface area (Å²) in [6, 6.07) is 15.9. The smallest absolute Gasteiger partial charge is 0.138 e. The molecule has 0 bridgehead atoms. The average Bonchev–Trinajstić information content (AvgIpc) is 2.67. The Hall–Kier alpha value is -2.22. The van der Waals surface area contributed by atoms with Crippen LogP contribution in [-0.2, 0) is 0 Å². The largest absolute Gasteiger partial charge is 0.456 e. The topological polar surface area (TPSA) is 39.2 Å². The van der Waals surface area contributed by atoms with Crippen LogP contribution in [0.1, 0.15) is 5.56 Å². The molecule has 0 saturated heterocycles. The Labute approximate surface area is 99.7 Å². The van der Waals surface area contributed by atoms with Crippen molar-refractivity contribution in [1.29, 1.82) is 0 Å². The van der Waals surface area contributed by atoms with E-state index in [1.54, 1.807) is 0 Å². The summed E-state index contributed by atoms with van der Waals surface area (Å²) < 4.78 is 5.89. The number of nitrogens with two attached hydrogens (primary N) is 1. The maximum absolute atomic E-state index is 5.89. The fraction of sp³-hybridized carbons (Fsp3) is 0.0667. The molecular weight excluding hydrogens is 210 g/mol. The number of nitrogen functional groups attached to an aromatic ring is 1. The minimum absolute atomic E-state index is 0.728. The van der Waals surface area contributed by atoms with Crippen LogP contribution in [0.3, 0.4) is 0 Å². The van der Waals surface area contributed by atoms with Crippen LogP contribution < -0.4 is 5.73 Å². The summed E-state index contributed by atoms with van der Waals surface area (Å²) in [6.45, 7) is 2.07. The normalized spacial score (nSPS) is 10.9. The second-order valence-corrected chi connectivity index (χ2v) is 4.18. The molecule has 0 amide bonds. The lowest BCUT2D eigenvalue weighted by Gasteiger charge is -1.96. The molecule has 0 aliphatic heterocycles. The third-order valence-electron chi connectivity index (χ3n) is 3.00. The van der Waals surface area contributed by atoms with Crippen LogP contribution in [0.2, 0.25) is 0 Å². The van der Waals surface area contributed by atoms with Crippen molar-refractivity contribution in [3.63, 3.8) is 0 Å². The van der Waals surface area contributed by atoms with E-state index >= 15 is 0 Å². The quantitative estimate of drug-likeness (QED) is 0.633. The number of hydrogen-bond donors (Lipinski definition) is 1. The van der Waals surface area contributed by atoms with Crippen LogP contribution in [-0.4, -0.2) is 0 Å². The molecule has 2 N–H and O–H groups in total. The Balaban J connectivity index is 2.28. The highest BCUT2D eigenvalue weighted by molar-refractivity contribution is 5.89. The van der Waals surface area contributed by atoms with E-state index in [1.165, 1.54) is 0 Å². The highest BCUT2D eigenvalue weighted by atomic mass is 16.3. The van der Waals surface area contributed by atoms with Crippen LogP contribution in [0.15, 0.2) is 52.9 Å². The number of hydrogen-bond acceptors (Lipinski definition) is 2. The Bertz CT molecular complexity index is 668. The Kier molecular flexibility index (Phi) is 2.15. The van der Waals surface area contributed by atoms with Crippen molar-refractivity contribution in [3.05, 3.63) is 54.1 Å². The van der Waals surface area contributed by atoms with Crippen molar-refractivity contribution in [2.45, 2.75) is 6.92 Å². The van der Waals surface area contributed by atoms with E-state index in [0.717, 1.165) is 33.5 Å². The molecule has 3 rings (SSSR count). The number of rotatable bonds is 1. The van der Waals surface area contributed by atoms with Crippen LogP contribution >= 0.6 is 0 Å². The molecule has 0 aliphatic rings. The molecule has 2 heteroatoms. The molecule has 2 aromatic carbocycles. The number of anilines is 1. The zero-order valence-corrected chi connectivity index (χ0v) is 9.60. The lowest BCUT2D eigenvalue weighted by atomic mass is 10.1. The highest BCUT2D eigenvalue weighted by Crippen LogP contribution is 2.33. The Morgan fingerprint density at radius 2 is 1.76 bits per heavy atom. The number of aryl methyl sites for hydroxylation is 1. The van der Waals surface area contributed by atoms with Gasteiger partial charge < -0.3 is 10.2 Å². The van der Waals surface area contributed by atoms with Gasteiger partial charge in [0, 0.05) is 28.3 Å². The minimum atomic E-state index is 0.728. The fourth-order valence-corrected chi connectivity index (χ4v) is 2.11. The summed E-state index contributed by atoms with van der Waals surface area (Å²) in [4.78, 5) is 0. The predicted molar refractivity (Wildman–Crippen MR) is 70.8 cm³/mol. The van der Waals surface area contributed by atoms with Gasteiger partial charge in [-0.3, -0.25) is 0 Å². The number of benzene rings is 2. The van der Waals surface area contributed by atoms with E-state index in [0.29, 0.717) is 0 Å². The van der Waals surface area contributed by atoms with Gasteiger partial charge >= 0.3 is 0 Å². The molecule has 0 atom stereocenters. The summed E-state index contributed by atoms with van der Waals surface area (Å²) in [5, 5.41) is 1.12. The first kappa shape index (κ1) is 9.97. The standard InChI is InChI=1S/C15H13NO/c1-10-13-8-7-12(16)9-14(13)17-15(10)11-5-3-2-4-6-11/h2-9H,16H2,1H3. The Morgan fingerprint density at radius 3 is 2.53 bits per heavy atom. The monoisotopic (exact) mass is 223 g/mol. The van der Waals surface area contributed by atoms with Gasteiger partial charge in [-0.25, -0.2) is 0 Å². The van der Waals surface area contributed by atoms with Gasteiger partial charge in [0.2, 0.25) is 0 Å². The highest BCUT2D eigenvalue weighted by Gasteiger charge is 2.11. The minimum Gasteiger partial charge on any atom is -0.456 e.